The van der Waals surface area contributed by atoms with Crippen LogP contribution in [0.15, 0.2) is 65.6 Å². The summed E-state index contributed by atoms with van der Waals surface area (Å²) in [4.78, 5) is 0.320. The Labute approximate surface area is 143 Å². The number of sulfone groups is 1. The van der Waals surface area contributed by atoms with Crippen molar-refractivity contribution in [3.63, 3.8) is 0 Å². The smallest absolute Gasteiger partial charge is 0.205 e. The molecule has 1 aliphatic heterocycles. The van der Waals surface area contributed by atoms with Crippen LogP contribution in [0.5, 0.6) is 0 Å². The third kappa shape index (κ3) is 4.23. The Hall–Kier alpha value is -1.69. The molecule has 4 nitrogen and oxygen atoms in total. The van der Waals surface area contributed by atoms with Crippen LogP contribution in [0.25, 0.3) is 0 Å². The van der Waals surface area contributed by atoms with Crippen molar-refractivity contribution < 1.29 is 17.9 Å². The Morgan fingerprint density at radius 1 is 0.958 bits per heavy atom. The average Bonchev–Trinajstić information content (AvgIpc) is 2.64. The van der Waals surface area contributed by atoms with Gasteiger partial charge in [0.1, 0.15) is 0 Å². The first kappa shape index (κ1) is 17.1. The fourth-order valence-electron chi connectivity index (χ4n) is 2.86. The first-order valence-electron chi connectivity index (χ1n) is 8.22. The molecule has 0 aromatic heterocycles. The molecule has 2 atom stereocenters. The highest BCUT2D eigenvalue weighted by Crippen LogP contribution is 2.27. The second-order valence-electron chi connectivity index (χ2n) is 5.98. The summed E-state index contributed by atoms with van der Waals surface area (Å²) in [5.74, 6) is 0. The summed E-state index contributed by atoms with van der Waals surface area (Å²) < 4.78 is 36.9. The van der Waals surface area contributed by atoms with E-state index in [0.717, 1.165) is 18.4 Å². The number of benzene rings is 2. The SMILES string of the molecule is O=S(=O)(c1ccccc1)C1CCC[C@@H](COCc2ccccc2)O1. The average molecular weight is 346 g/mol. The van der Waals surface area contributed by atoms with Gasteiger partial charge >= 0.3 is 0 Å². The van der Waals surface area contributed by atoms with E-state index in [1.165, 1.54) is 0 Å². The molecule has 0 aliphatic carbocycles. The highest BCUT2D eigenvalue weighted by atomic mass is 32.2. The molecule has 2 aromatic carbocycles. The number of hydrogen-bond acceptors (Lipinski definition) is 4. The van der Waals surface area contributed by atoms with Crippen molar-refractivity contribution >= 4 is 9.84 Å². The lowest BCUT2D eigenvalue weighted by atomic mass is 10.1. The molecule has 128 valence electrons. The van der Waals surface area contributed by atoms with Crippen molar-refractivity contribution in [1.29, 1.82) is 0 Å². The molecule has 24 heavy (non-hydrogen) atoms. The lowest BCUT2D eigenvalue weighted by molar-refractivity contribution is -0.0603. The third-order valence-corrected chi connectivity index (χ3v) is 6.11. The quantitative estimate of drug-likeness (QED) is 0.802. The molecule has 0 amide bonds. The normalized spacial score (nSPS) is 21.5. The van der Waals surface area contributed by atoms with Gasteiger partial charge in [-0.3, -0.25) is 0 Å². The summed E-state index contributed by atoms with van der Waals surface area (Å²) in [6, 6.07) is 18.4. The molecule has 5 heteroatoms. The van der Waals surface area contributed by atoms with Gasteiger partial charge in [0.25, 0.3) is 0 Å². The van der Waals surface area contributed by atoms with Crippen LogP contribution in [0.1, 0.15) is 24.8 Å². The van der Waals surface area contributed by atoms with E-state index >= 15 is 0 Å². The van der Waals surface area contributed by atoms with Crippen LogP contribution in [0.3, 0.4) is 0 Å². The van der Waals surface area contributed by atoms with Crippen LogP contribution < -0.4 is 0 Å². The molecule has 1 aliphatic rings. The molecule has 0 bridgehead atoms. The molecule has 0 spiro atoms. The van der Waals surface area contributed by atoms with Crippen molar-refractivity contribution in [2.24, 2.45) is 0 Å². The zero-order chi connectivity index (χ0) is 16.8. The standard InChI is InChI=1S/C19H22O4S/c20-24(21,18-11-5-2-6-12-18)19-13-7-10-17(23-19)15-22-14-16-8-3-1-4-9-16/h1-6,8-9,11-12,17,19H,7,10,13-15H2/t17-,19?/m0/s1. The van der Waals surface area contributed by atoms with Gasteiger partial charge in [0.2, 0.25) is 9.84 Å². The highest BCUT2D eigenvalue weighted by Gasteiger charge is 2.33. The van der Waals surface area contributed by atoms with E-state index in [9.17, 15) is 8.42 Å². The van der Waals surface area contributed by atoms with E-state index in [0.29, 0.717) is 24.5 Å². The molecule has 0 N–H and O–H groups in total. The maximum Gasteiger partial charge on any atom is 0.205 e. The molecule has 2 aromatic rings. The maximum atomic E-state index is 12.7. The lowest BCUT2D eigenvalue weighted by Crippen LogP contribution is -2.36. The third-order valence-electron chi connectivity index (χ3n) is 4.14. The van der Waals surface area contributed by atoms with Gasteiger partial charge < -0.3 is 9.47 Å². The predicted molar refractivity (Wildman–Crippen MR) is 92.2 cm³/mol. The first-order valence-corrected chi connectivity index (χ1v) is 9.77. The minimum atomic E-state index is -3.45. The zero-order valence-electron chi connectivity index (χ0n) is 13.5. The van der Waals surface area contributed by atoms with Crippen LogP contribution in [0.2, 0.25) is 0 Å². The van der Waals surface area contributed by atoms with Gasteiger partial charge in [-0.05, 0) is 37.0 Å². The largest absolute Gasteiger partial charge is 0.374 e. The van der Waals surface area contributed by atoms with Crippen molar-refractivity contribution in [3.05, 3.63) is 66.2 Å². The summed E-state index contributed by atoms with van der Waals surface area (Å²) in [7, 11) is -3.45. The fraction of sp³-hybridized carbons (Fsp3) is 0.368. The number of rotatable bonds is 6. The van der Waals surface area contributed by atoms with Crippen LogP contribution in [-0.2, 0) is 25.9 Å². The van der Waals surface area contributed by atoms with Crippen LogP contribution in [0, 0.1) is 0 Å². The van der Waals surface area contributed by atoms with Crippen molar-refractivity contribution in [3.8, 4) is 0 Å². The molecule has 1 fully saturated rings. The molecule has 0 saturated carbocycles. The zero-order valence-corrected chi connectivity index (χ0v) is 14.3. The first-order chi connectivity index (χ1) is 11.7. The van der Waals surface area contributed by atoms with Gasteiger partial charge in [-0.2, -0.15) is 0 Å². The Morgan fingerprint density at radius 3 is 2.33 bits per heavy atom. The summed E-state index contributed by atoms with van der Waals surface area (Å²) in [5.41, 5.74) is 0.320. The van der Waals surface area contributed by atoms with E-state index in [4.69, 9.17) is 9.47 Å². The van der Waals surface area contributed by atoms with Crippen molar-refractivity contribution in [2.45, 2.75) is 42.3 Å². The maximum absolute atomic E-state index is 12.7. The minimum absolute atomic E-state index is 0.175. The van der Waals surface area contributed by atoms with Gasteiger partial charge in [0.15, 0.2) is 5.44 Å². The van der Waals surface area contributed by atoms with Crippen molar-refractivity contribution in [2.75, 3.05) is 6.61 Å². The lowest BCUT2D eigenvalue weighted by Gasteiger charge is -2.29. The molecule has 1 heterocycles. The molecular weight excluding hydrogens is 324 g/mol. The fourth-order valence-corrected chi connectivity index (χ4v) is 4.48. The molecular formula is C19H22O4S. The van der Waals surface area contributed by atoms with Gasteiger partial charge in [-0.1, -0.05) is 48.5 Å². The van der Waals surface area contributed by atoms with Crippen LogP contribution in [0.4, 0.5) is 0 Å². The summed E-state index contributed by atoms with van der Waals surface area (Å²) in [5, 5.41) is 0. The van der Waals surface area contributed by atoms with Gasteiger partial charge in [0.05, 0.1) is 24.2 Å². The number of ether oxygens (including phenoxy) is 2. The Morgan fingerprint density at radius 2 is 1.62 bits per heavy atom. The summed E-state index contributed by atoms with van der Waals surface area (Å²) in [6.07, 6.45) is 2.02. The van der Waals surface area contributed by atoms with E-state index in [-0.39, 0.29) is 6.10 Å². The summed E-state index contributed by atoms with van der Waals surface area (Å²) in [6.45, 7) is 0.923. The monoisotopic (exact) mass is 346 g/mol. The molecule has 3 rings (SSSR count). The Bertz CT molecular complexity index is 728. The van der Waals surface area contributed by atoms with E-state index in [1.807, 2.05) is 30.3 Å². The Kier molecular flexibility index (Phi) is 5.66. The highest BCUT2D eigenvalue weighted by molar-refractivity contribution is 7.91. The topological polar surface area (TPSA) is 52.6 Å². The minimum Gasteiger partial charge on any atom is -0.374 e. The predicted octanol–water partition coefficient (Wildman–Crippen LogP) is 3.57. The van der Waals surface area contributed by atoms with Gasteiger partial charge in [-0.15, -0.1) is 0 Å². The van der Waals surface area contributed by atoms with Gasteiger partial charge in [-0.25, -0.2) is 8.42 Å². The van der Waals surface area contributed by atoms with E-state index < -0.39 is 15.3 Å². The van der Waals surface area contributed by atoms with Crippen molar-refractivity contribution in [1.82, 2.24) is 0 Å². The summed E-state index contributed by atoms with van der Waals surface area (Å²) >= 11 is 0. The van der Waals surface area contributed by atoms with E-state index in [1.54, 1.807) is 30.3 Å². The van der Waals surface area contributed by atoms with Gasteiger partial charge in [0, 0.05) is 0 Å². The molecule has 0 radical (unpaired) electrons. The molecule has 1 saturated heterocycles. The van der Waals surface area contributed by atoms with Crippen LogP contribution >= 0.6 is 0 Å². The Balaban J connectivity index is 1.56. The second kappa shape index (κ2) is 7.92. The second-order valence-corrected chi connectivity index (χ2v) is 8.06. The van der Waals surface area contributed by atoms with E-state index in [2.05, 4.69) is 0 Å². The molecule has 1 unspecified atom stereocenters. The van der Waals surface area contributed by atoms with Crippen LogP contribution in [-0.4, -0.2) is 26.6 Å². The number of hydrogen-bond donors (Lipinski definition) is 0.